The van der Waals surface area contributed by atoms with E-state index in [-0.39, 0.29) is 29.4 Å². The van der Waals surface area contributed by atoms with Crippen LogP contribution >= 0.6 is 15.9 Å². The molecule has 0 fully saturated rings. The SMILES string of the molecule is COC(=O)c1cc(OCCBr)c([N+](=O)[O-])cc1OC. The van der Waals surface area contributed by atoms with Crippen molar-refractivity contribution in [2.24, 2.45) is 0 Å². The maximum Gasteiger partial charge on any atom is 0.341 e. The molecule has 0 aliphatic carbocycles. The third kappa shape index (κ3) is 3.57. The van der Waals surface area contributed by atoms with Gasteiger partial charge in [-0.05, 0) is 0 Å². The monoisotopic (exact) mass is 333 g/mol. The number of alkyl halides is 1. The molecule has 0 spiro atoms. The fraction of sp³-hybridized carbons (Fsp3) is 0.364. The Kier molecular flexibility index (Phi) is 5.56. The van der Waals surface area contributed by atoms with E-state index < -0.39 is 10.9 Å². The van der Waals surface area contributed by atoms with Gasteiger partial charge in [0.2, 0.25) is 0 Å². The molecule has 0 aliphatic heterocycles. The van der Waals surface area contributed by atoms with Crippen molar-refractivity contribution in [1.29, 1.82) is 0 Å². The lowest BCUT2D eigenvalue weighted by molar-refractivity contribution is -0.385. The van der Waals surface area contributed by atoms with E-state index in [9.17, 15) is 14.9 Å². The number of hydrogen-bond acceptors (Lipinski definition) is 6. The van der Waals surface area contributed by atoms with Gasteiger partial charge in [0.15, 0.2) is 5.75 Å². The van der Waals surface area contributed by atoms with Gasteiger partial charge in [-0.1, -0.05) is 15.9 Å². The number of nitrogens with zero attached hydrogens (tertiary/aromatic N) is 1. The molecule has 0 saturated heterocycles. The summed E-state index contributed by atoms with van der Waals surface area (Å²) in [6.07, 6.45) is 0. The van der Waals surface area contributed by atoms with E-state index in [1.54, 1.807) is 0 Å². The molecule has 0 saturated carbocycles. The highest BCUT2D eigenvalue weighted by molar-refractivity contribution is 9.09. The zero-order valence-corrected chi connectivity index (χ0v) is 11.9. The van der Waals surface area contributed by atoms with Gasteiger partial charge >= 0.3 is 11.7 Å². The van der Waals surface area contributed by atoms with Gasteiger partial charge in [0.05, 0.1) is 31.8 Å². The second-order valence-electron chi connectivity index (χ2n) is 3.31. The van der Waals surface area contributed by atoms with Crippen molar-refractivity contribution in [3.63, 3.8) is 0 Å². The molecule has 1 aromatic carbocycles. The molecule has 0 bridgehead atoms. The van der Waals surface area contributed by atoms with Crippen molar-refractivity contribution in [2.45, 2.75) is 0 Å². The Hall–Kier alpha value is -1.83. The van der Waals surface area contributed by atoms with Crippen molar-refractivity contribution < 1.29 is 23.9 Å². The van der Waals surface area contributed by atoms with Gasteiger partial charge in [0, 0.05) is 11.4 Å². The lowest BCUT2D eigenvalue weighted by Crippen LogP contribution is -2.07. The second kappa shape index (κ2) is 6.93. The van der Waals surface area contributed by atoms with Crippen LogP contribution in [0, 0.1) is 10.1 Å². The van der Waals surface area contributed by atoms with Crippen LogP contribution < -0.4 is 9.47 Å². The molecule has 1 aromatic rings. The Bertz CT molecular complexity index is 490. The summed E-state index contributed by atoms with van der Waals surface area (Å²) >= 11 is 3.15. The maximum absolute atomic E-state index is 11.6. The Labute approximate surface area is 117 Å². The predicted octanol–water partition coefficient (Wildman–Crippen LogP) is 2.16. The van der Waals surface area contributed by atoms with Gasteiger partial charge in [-0.25, -0.2) is 4.79 Å². The molecule has 0 heterocycles. The van der Waals surface area contributed by atoms with Gasteiger partial charge < -0.3 is 14.2 Å². The number of nitro groups is 1. The summed E-state index contributed by atoms with van der Waals surface area (Å²) < 4.78 is 14.8. The van der Waals surface area contributed by atoms with Crippen LogP contribution in [0.3, 0.4) is 0 Å². The number of rotatable bonds is 6. The van der Waals surface area contributed by atoms with Crippen LogP contribution in [-0.4, -0.2) is 37.0 Å². The zero-order valence-electron chi connectivity index (χ0n) is 10.3. The first-order valence-electron chi connectivity index (χ1n) is 5.18. The molecule has 8 heteroatoms. The fourth-order valence-corrected chi connectivity index (χ4v) is 1.56. The molecule has 0 atom stereocenters. The highest BCUT2D eigenvalue weighted by atomic mass is 79.9. The van der Waals surface area contributed by atoms with E-state index in [2.05, 4.69) is 20.7 Å². The molecule has 0 radical (unpaired) electrons. The van der Waals surface area contributed by atoms with E-state index in [4.69, 9.17) is 9.47 Å². The molecule has 0 N–H and O–H groups in total. The minimum Gasteiger partial charge on any atom is -0.496 e. The van der Waals surface area contributed by atoms with E-state index >= 15 is 0 Å². The number of esters is 1. The molecule has 0 aliphatic rings. The topological polar surface area (TPSA) is 87.9 Å². The van der Waals surface area contributed by atoms with Crippen molar-refractivity contribution in [3.8, 4) is 11.5 Å². The molecular weight excluding hydrogens is 322 g/mol. The summed E-state index contributed by atoms with van der Waals surface area (Å²) in [4.78, 5) is 21.9. The summed E-state index contributed by atoms with van der Waals surface area (Å²) in [5, 5.41) is 11.4. The fourth-order valence-electron chi connectivity index (χ4n) is 1.39. The van der Waals surface area contributed by atoms with Crippen LogP contribution in [0.25, 0.3) is 0 Å². The molecule has 0 unspecified atom stereocenters. The van der Waals surface area contributed by atoms with Crippen LogP contribution in [0.5, 0.6) is 11.5 Å². The summed E-state index contributed by atoms with van der Waals surface area (Å²) in [6, 6.07) is 2.38. The number of methoxy groups -OCH3 is 2. The van der Waals surface area contributed by atoms with Crippen LogP contribution in [0.2, 0.25) is 0 Å². The number of halogens is 1. The molecule has 7 nitrogen and oxygen atoms in total. The minimum atomic E-state index is -0.657. The second-order valence-corrected chi connectivity index (χ2v) is 4.10. The van der Waals surface area contributed by atoms with E-state index in [1.807, 2.05) is 0 Å². The third-order valence-corrected chi connectivity index (χ3v) is 2.54. The number of hydrogen-bond donors (Lipinski definition) is 0. The van der Waals surface area contributed by atoms with E-state index in [0.717, 1.165) is 6.07 Å². The van der Waals surface area contributed by atoms with E-state index in [0.29, 0.717) is 5.33 Å². The maximum atomic E-state index is 11.6. The molecular formula is C11H12BrNO6. The molecule has 0 aromatic heterocycles. The Morgan fingerprint density at radius 2 is 2.05 bits per heavy atom. The van der Waals surface area contributed by atoms with Crippen LogP contribution in [0.1, 0.15) is 10.4 Å². The van der Waals surface area contributed by atoms with E-state index in [1.165, 1.54) is 20.3 Å². The molecule has 0 amide bonds. The first kappa shape index (κ1) is 15.2. The third-order valence-electron chi connectivity index (χ3n) is 2.22. The van der Waals surface area contributed by atoms with Gasteiger partial charge in [-0.2, -0.15) is 0 Å². The van der Waals surface area contributed by atoms with Crippen molar-refractivity contribution in [2.75, 3.05) is 26.2 Å². The van der Waals surface area contributed by atoms with Crippen LogP contribution in [0.4, 0.5) is 5.69 Å². The highest BCUT2D eigenvalue weighted by Crippen LogP contribution is 2.35. The number of benzene rings is 1. The van der Waals surface area contributed by atoms with Crippen molar-refractivity contribution in [3.05, 3.63) is 27.8 Å². The molecule has 104 valence electrons. The summed E-state index contributed by atoms with van der Waals surface area (Å²) in [5.74, 6) is -0.606. The van der Waals surface area contributed by atoms with Crippen molar-refractivity contribution in [1.82, 2.24) is 0 Å². The van der Waals surface area contributed by atoms with Gasteiger partial charge in [0.1, 0.15) is 11.3 Å². The highest BCUT2D eigenvalue weighted by Gasteiger charge is 2.23. The number of carbonyl (C=O) groups excluding carboxylic acids is 1. The molecule has 19 heavy (non-hydrogen) atoms. The Morgan fingerprint density at radius 1 is 1.37 bits per heavy atom. The largest absolute Gasteiger partial charge is 0.496 e. The quantitative estimate of drug-likeness (QED) is 0.343. The Morgan fingerprint density at radius 3 is 2.53 bits per heavy atom. The minimum absolute atomic E-state index is 0.00866. The zero-order chi connectivity index (χ0) is 14.4. The Balaban J connectivity index is 3.33. The first-order valence-corrected chi connectivity index (χ1v) is 6.30. The smallest absolute Gasteiger partial charge is 0.341 e. The predicted molar refractivity (Wildman–Crippen MR) is 70.3 cm³/mol. The van der Waals surface area contributed by atoms with Crippen molar-refractivity contribution >= 4 is 27.6 Å². The lowest BCUT2D eigenvalue weighted by atomic mass is 10.1. The standard InChI is InChI=1S/C11H12BrNO6/c1-17-9-6-8(13(15)16)10(19-4-3-12)5-7(9)11(14)18-2/h5-6H,3-4H2,1-2H3. The first-order chi connectivity index (χ1) is 9.04. The summed E-state index contributed by atoms with van der Waals surface area (Å²) in [5.41, 5.74) is -0.203. The summed E-state index contributed by atoms with van der Waals surface area (Å²) in [7, 11) is 2.52. The average molecular weight is 334 g/mol. The van der Waals surface area contributed by atoms with Gasteiger partial charge in [-0.3, -0.25) is 10.1 Å². The van der Waals surface area contributed by atoms with Crippen LogP contribution in [0.15, 0.2) is 12.1 Å². The van der Waals surface area contributed by atoms with Crippen LogP contribution in [-0.2, 0) is 4.74 Å². The number of ether oxygens (including phenoxy) is 3. The summed E-state index contributed by atoms with van der Waals surface area (Å²) in [6.45, 7) is 0.230. The number of nitro benzene ring substituents is 1. The normalized spacial score (nSPS) is 9.84. The molecule has 1 rings (SSSR count). The lowest BCUT2D eigenvalue weighted by Gasteiger charge is -2.10. The van der Waals surface area contributed by atoms with Gasteiger partial charge in [-0.15, -0.1) is 0 Å². The van der Waals surface area contributed by atoms with Gasteiger partial charge in [0.25, 0.3) is 0 Å². The average Bonchev–Trinajstić information content (AvgIpc) is 2.42. The number of carbonyl (C=O) groups is 1.